The van der Waals surface area contributed by atoms with Gasteiger partial charge in [-0.2, -0.15) is 0 Å². The number of benzene rings is 1. The highest BCUT2D eigenvalue weighted by Crippen LogP contribution is 2.32. The van der Waals surface area contributed by atoms with Crippen molar-refractivity contribution in [3.05, 3.63) is 34.3 Å². The molecule has 84 valence electrons. The van der Waals surface area contributed by atoms with E-state index in [1.165, 1.54) is 0 Å². The maximum atomic E-state index is 10.4. The molecule has 0 fully saturated rings. The SMILES string of the molecule is CC(C)(C)C(C)(O)Cc1ccc(Br)cc1. The second-order valence-corrected chi connectivity index (χ2v) is 6.24. The molecule has 0 radical (unpaired) electrons. The number of halogens is 1. The molecule has 0 aliphatic rings. The van der Waals surface area contributed by atoms with E-state index in [1.54, 1.807) is 0 Å². The summed E-state index contributed by atoms with van der Waals surface area (Å²) in [5.41, 5.74) is 0.374. The Hall–Kier alpha value is -0.340. The van der Waals surface area contributed by atoms with Crippen molar-refractivity contribution in [2.45, 2.75) is 39.7 Å². The summed E-state index contributed by atoms with van der Waals surface area (Å²) in [6, 6.07) is 8.11. The first kappa shape index (κ1) is 12.7. The van der Waals surface area contributed by atoms with Gasteiger partial charge in [0, 0.05) is 10.9 Å². The highest BCUT2D eigenvalue weighted by Gasteiger charge is 2.35. The van der Waals surface area contributed by atoms with Gasteiger partial charge in [-0.25, -0.2) is 0 Å². The minimum absolute atomic E-state index is 0.111. The molecule has 1 atom stereocenters. The van der Waals surface area contributed by atoms with Crippen LogP contribution >= 0.6 is 15.9 Å². The Bertz CT molecular complexity index is 319. The minimum Gasteiger partial charge on any atom is -0.389 e. The Morgan fingerprint density at radius 2 is 1.53 bits per heavy atom. The van der Waals surface area contributed by atoms with E-state index in [1.807, 2.05) is 31.2 Å². The summed E-state index contributed by atoms with van der Waals surface area (Å²) in [7, 11) is 0. The van der Waals surface area contributed by atoms with E-state index in [0.717, 1.165) is 10.0 Å². The fourth-order valence-electron chi connectivity index (χ4n) is 1.26. The smallest absolute Gasteiger partial charge is 0.0707 e. The first-order chi connectivity index (χ1) is 6.72. The van der Waals surface area contributed by atoms with E-state index in [-0.39, 0.29) is 5.41 Å². The predicted molar refractivity (Wildman–Crippen MR) is 67.9 cm³/mol. The molecule has 1 rings (SSSR count). The lowest BCUT2D eigenvalue weighted by Gasteiger charge is -2.37. The van der Waals surface area contributed by atoms with Crippen LogP contribution in [0.15, 0.2) is 28.7 Å². The van der Waals surface area contributed by atoms with Gasteiger partial charge in [0.15, 0.2) is 0 Å². The Kier molecular flexibility index (Phi) is 3.62. The third-order valence-electron chi connectivity index (χ3n) is 3.08. The molecule has 1 unspecified atom stereocenters. The van der Waals surface area contributed by atoms with Crippen LogP contribution in [0.2, 0.25) is 0 Å². The molecule has 0 heterocycles. The molecule has 0 amide bonds. The number of hydrogen-bond acceptors (Lipinski definition) is 1. The van der Waals surface area contributed by atoms with Gasteiger partial charge < -0.3 is 5.11 Å². The van der Waals surface area contributed by atoms with Gasteiger partial charge in [-0.15, -0.1) is 0 Å². The van der Waals surface area contributed by atoms with Gasteiger partial charge in [-0.3, -0.25) is 0 Å². The fourth-order valence-corrected chi connectivity index (χ4v) is 1.53. The van der Waals surface area contributed by atoms with E-state index in [0.29, 0.717) is 6.42 Å². The van der Waals surface area contributed by atoms with E-state index in [4.69, 9.17) is 0 Å². The van der Waals surface area contributed by atoms with Gasteiger partial charge >= 0.3 is 0 Å². The maximum Gasteiger partial charge on any atom is 0.0707 e. The molecule has 0 bridgehead atoms. The van der Waals surface area contributed by atoms with Crippen molar-refractivity contribution in [3.8, 4) is 0 Å². The maximum absolute atomic E-state index is 10.4. The molecule has 1 aromatic rings. The highest BCUT2D eigenvalue weighted by molar-refractivity contribution is 9.10. The van der Waals surface area contributed by atoms with Crippen molar-refractivity contribution in [2.24, 2.45) is 5.41 Å². The van der Waals surface area contributed by atoms with Gasteiger partial charge in [-0.1, -0.05) is 48.8 Å². The van der Waals surface area contributed by atoms with Crippen LogP contribution in [0.3, 0.4) is 0 Å². The van der Waals surface area contributed by atoms with Crippen LogP contribution in [0.4, 0.5) is 0 Å². The van der Waals surface area contributed by atoms with Crippen molar-refractivity contribution >= 4 is 15.9 Å². The normalized spacial score (nSPS) is 16.1. The van der Waals surface area contributed by atoms with Gasteiger partial charge in [0.2, 0.25) is 0 Å². The molecule has 0 spiro atoms. The molecule has 15 heavy (non-hydrogen) atoms. The van der Waals surface area contributed by atoms with Crippen molar-refractivity contribution in [3.63, 3.8) is 0 Å². The molecular formula is C13H19BrO. The minimum atomic E-state index is -0.680. The molecule has 0 aliphatic carbocycles. The average molecular weight is 271 g/mol. The highest BCUT2D eigenvalue weighted by atomic mass is 79.9. The summed E-state index contributed by atoms with van der Waals surface area (Å²) >= 11 is 3.40. The molecule has 2 heteroatoms. The Morgan fingerprint density at radius 1 is 1.07 bits per heavy atom. The molecule has 0 saturated carbocycles. The van der Waals surface area contributed by atoms with Gasteiger partial charge in [0.1, 0.15) is 0 Å². The Labute approximate surface area is 101 Å². The zero-order chi connectivity index (χ0) is 11.7. The van der Waals surface area contributed by atoms with E-state index >= 15 is 0 Å². The first-order valence-electron chi connectivity index (χ1n) is 5.19. The van der Waals surface area contributed by atoms with Crippen LogP contribution in [0, 0.1) is 5.41 Å². The van der Waals surface area contributed by atoms with Crippen LogP contribution < -0.4 is 0 Å². The van der Waals surface area contributed by atoms with Crippen LogP contribution in [0.25, 0.3) is 0 Å². The molecular weight excluding hydrogens is 252 g/mol. The monoisotopic (exact) mass is 270 g/mol. The average Bonchev–Trinajstić information content (AvgIpc) is 2.06. The first-order valence-corrected chi connectivity index (χ1v) is 5.98. The summed E-state index contributed by atoms with van der Waals surface area (Å²) in [6.45, 7) is 8.08. The second kappa shape index (κ2) is 4.26. The summed E-state index contributed by atoms with van der Waals surface area (Å²) in [5, 5.41) is 10.4. The summed E-state index contributed by atoms with van der Waals surface area (Å²) in [6.07, 6.45) is 0.684. The second-order valence-electron chi connectivity index (χ2n) is 5.33. The lowest BCUT2D eigenvalue weighted by atomic mass is 9.74. The zero-order valence-electron chi connectivity index (χ0n) is 9.84. The summed E-state index contributed by atoms with van der Waals surface area (Å²) in [4.78, 5) is 0. The number of rotatable bonds is 2. The van der Waals surface area contributed by atoms with Gasteiger partial charge in [0.05, 0.1) is 5.60 Å². The number of aliphatic hydroxyl groups is 1. The standard InChI is InChI=1S/C13H19BrO/c1-12(2,3)13(4,15)9-10-5-7-11(14)8-6-10/h5-8,15H,9H2,1-4H3. The molecule has 1 N–H and O–H groups in total. The van der Waals surface area contributed by atoms with Crippen molar-refractivity contribution in [1.29, 1.82) is 0 Å². The van der Waals surface area contributed by atoms with Crippen LogP contribution in [0.1, 0.15) is 33.3 Å². The Morgan fingerprint density at radius 3 is 1.93 bits per heavy atom. The van der Waals surface area contributed by atoms with E-state index in [2.05, 4.69) is 36.7 Å². The molecule has 0 aliphatic heterocycles. The van der Waals surface area contributed by atoms with E-state index < -0.39 is 5.60 Å². The third-order valence-corrected chi connectivity index (χ3v) is 3.61. The molecule has 1 nitrogen and oxygen atoms in total. The van der Waals surface area contributed by atoms with Crippen molar-refractivity contribution < 1.29 is 5.11 Å². The Balaban J connectivity index is 2.82. The summed E-state index contributed by atoms with van der Waals surface area (Å²) in [5.74, 6) is 0. The molecule has 0 aromatic heterocycles. The summed E-state index contributed by atoms with van der Waals surface area (Å²) < 4.78 is 1.07. The van der Waals surface area contributed by atoms with Crippen molar-refractivity contribution in [1.82, 2.24) is 0 Å². The van der Waals surface area contributed by atoms with Gasteiger partial charge in [0.25, 0.3) is 0 Å². The van der Waals surface area contributed by atoms with Crippen LogP contribution in [-0.4, -0.2) is 10.7 Å². The third kappa shape index (κ3) is 3.32. The topological polar surface area (TPSA) is 20.2 Å². The lowest BCUT2D eigenvalue weighted by Crippen LogP contribution is -2.41. The lowest BCUT2D eigenvalue weighted by molar-refractivity contribution is -0.0405. The molecule has 0 saturated heterocycles. The van der Waals surface area contributed by atoms with Crippen LogP contribution in [-0.2, 0) is 6.42 Å². The van der Waals surface area contributed by atoms with E-state index in [9.17, 15) is 5.11 Å². The van der Waals surface area contributed by atoms with Gasteiger partial charge in [-0.05, 0) is 30.0 Å². The molecule has 1 aromatic carbocycles. The number of hydrogen-bond donors (Lipinski definition) is 1. The quantitative estimate of drug-likeness (QED) is 0.867. The van der Waals surface area contributed by atoms with Crippen molar-refractivity contribution in [2.75, 3.05) is 0 Å². The fraction of sp³-hybridized carbons (Fsp3) is 0.538. The predicted octanol–water partition coefficient (Wildman–Crippen LogP) is 3.79. The largest absolute Gasteiger partial charge is 0.389 e. The zero-order valence-corrected chi connectivity index (χ0v) is 11.4. The van der Waals surface area contributed by atoms with Crippen LogP contribution in [0.5, 0.6) is 0 Å².